The molecule has 0 unspecified atom stereocenters. The average Bonchev–Trinajstić information content (AvgIpc) is 2.39. The SMILES string of the molecule is O=C(COP(=O)(O)O)[C@@H](O)[C@H](O)[C@H](O)[C@H](O)[C@H](O)CO. The summed E-state index contributed by atoms with van der Waals surface area (Å²) in [5, 5.41) is 54.8. The summed E-state index contributed by atoms with van der Waals surface area (Å²) in [6, 6.07) is 0. The van der Waals surface area contributed by atoms with E-state index in [1.54, 1.807) is 0 Å². The maximum absolute atomic E-state index is 11.2. The van der Waals surface area contributed by atoms with Gasteiger partial charge >= 0.3 is 7.82 Å². The second-order valence-corrected chi connectivity index (χ2v) is 5.14. The third-order valence-corrected chi connectivity index (χ3v) is 2.77. The molecule has 0 spiro atoms. The third kappa shape index (κ3) is 6.33. The first-order valence-corrected chi connectivity index (χ1v) is 6.78. The van der Waals surface area contributed by atoms with E-state index in [0.29, 0.717) is 0 Å². The van der Waals surface area contributed by atoms with Crippen LogP contribution in [0.3, 0.4) is 0 Å². The molecule has 0 saturated heterocycles. The van der Waals surface area contributed by atoms with Crippen molar-refractivity contribution >= 4 is 13.6 Å². The number of carbonyl (C=O) groups is 1. The van der Waals surface area contributed by atoms with Gasteiger partial charge in [0.1, 0.15) is 37.1 Å². The van der Waals surface area contributed by atoms with Gasteiger partial charge in [-0.3, -0.25) is 9.32 Å². The molecule has 120 valence electrons. The van der Waals surface area contributed by atoms with Crippen molar-refractivity contribution in [1.29, 1.82) is 0 Å². The van der Waals surface area contributed by atoms with Gasteiger partial charge in [-0.05, 0) is 0 Å². The smallest absolute Gasteiger partial charge is 0.394 e. The van der Waals surface area contributed by atoms with Crippen molar-refractivity contribution in [2.45, 2.75) is 30.5 Å². The molecule has 0 aliphatic rings. The fourth-order valence-corrected chi connectivity index (χ4v) is 1.44. The lowest BCUT2D eigenvalue weighted by Gasteiger charge is -2.27. The van der Waals surface area contributed by atoms with Crippen LogP contribution in [0.1, 0.15) is 0 Å². The molecule has 0 bridgehead atoms. The number of phosphoric acid groups is 1. The number of ketones is 1. The number of carbonyl (C=O) groups excluding carboxylic acids is 1. The van der Waals surface area contributed by atoms with Gasteiger partial charge in [0.25, 0.3) is 0 Å². The Kier molecular flexibility index (Phi) is 7.91. The molecular weight excluding hydrogens is 303 g/mol. The molecule has 11 nitrogen and oxygen atoms in total. The van der Waals surface area contributed by atoms with Crippen molar-refractivity contribution in [1.82, 2.24) is 0 Å². The molecule has 0 amide bonds. The van der Waals surface area contributed by atoms with Crippen LogP contribution >= 0.6 is 7.82 Å². The highest BCUT2D eigenvalue weighted by atomic mass is 31.2. The van der Waals surface area contributed by atoms with Gasteiger partial charge in [-0.2, -0.15) is 0 Å². The maximum atomic E-state index is 11.2. The second kappa shape index (κ2) is 8.10. The Hall–Kier alpha value is -0.460. The maximum Gasteiger partial charge on any atom is 0.470 e. The molecular formula is C8H17O11P. The van der Waals surface area contributed by atoms with Gasteiger partial charge in [0, 0.05) is 0 Å². The van der Waals surface area contributed by atoms with Crippen molar-refractivity contribution in [2.75, 3.05) is 13.2 Å². The van der Waals surface area contributed by atoms with E-state index in [9.17, 15) is 29.8 Å². The van der Waals surface area contributed by atoms with Crippen molar-refractivity contribution in [3.05, 3.63) is 0 Å². The molecule has 0 aromatic heterocycles. The molecule has 12 heteroatoms. The number of aliphatic hydroxyl groups excluding tert-OH is 6. The third-order valence-electron chi connectivity index (χ3n) is 2.31. The molecule has 0 aromatic rings. The predicted molar refractivity (Wildman–Crippen MR) is 60.1 cm³/mol. The summed E-state index contributed by atoms with van der Waals surface area (Å²) in [6.07, 6.45) is -10.7. The van der Waals surface area contributed by atoms with Crippen LogP contribution in [0.15, 0.2) is 0 Å². The Morgan fingerprint density at radius 3 is 1.90 bits per heavy atom. The van der Waals surface area contributed by atoms with E-state index in [2.05, 4.69) is 4.52 Å². The monoisotopic (exact) mass is 320 g/mol. The van der Waals surface area contributed by atoms with Gasteiger partial charge in [-0.25, -0.2) is 4.57 Å². The zero-order chi connectivity index (χ0) is 16.1. The van der Waals surface area contributed by atoms with E-state index in [1.807, 2.05) is 0 Å². The Labute approximate surface area is 112 Å². The standard InChI is InChI=1S/C8H17O11P/c9-1-3(10)5(12)7(14)8(15)6(13)4(11)2-19-20(16,17)18/h3,5-10,12-15H,1-2H2,(H2,16,17,18)/t3-,5-,6-,7-,8+/m1/s1. The molecule has 0 fully saturated rings. The lowest BCUT2D eigenvalue weighted by molar-refractivity contribution is -0.156. The van der Waals surface area contributed by atoms with Crippen molar-refractivity contribution < 1.29 is 54.3 Å². The molecule has 0 heterocycles. The van der Waals surface area contributed by atoms with Crippen LogP contribution < -0.4 is 0 Å². The predicted octanol–water partition coefficient (Wildman–Crippen LogP) is -4.54. The molecule has 5 atom stereocenters. The Bertz CT molecular complexity index is 354. The van der Waals surface area contributed by atoms with Crippen LogP contribution in [0.5, 0.6) is 0 Å². The molecule has 8 N–H and O–H groups in total. The minimum absolute atomic E-state index is 0.948. The fourth-order valence-electron chi connectivity index (χ4n) is 1.15. The normalized spacial score (nSPS) is 20.0. The van der Waals surface area contributed by atoms with Crippen molar-refractivity contribution in [2.24, 2.45) is 0 Å². The Morgan fingerprint density at radius 1 is 1.00 bits per heavy atom. The van der Waals surface area contributed by atoms with Gasteiger partial charge in [0.05, 0.1) is 6.61 Å². The molecule has 0 aliphatic carbocycles. The summed E-state index contributed by atoms with van der Waals surface area (Å²) in [6.45, 7) is -2.19. The first-order chi connectivity index (χ1) is 9.01. The summed E-state index contributed by atoms with van der Waals surface area (Å²) in [7, 11) is -4.95. The highest BCUT2D eigenvalue weighted by Crippen LogP contribution is 2.35. The number of phosphoric ester groups is 1. The molecule has 20 heavy (non-hydrogen) atoms. The van der Waals surface area contributed by atoms with E-state index in [4.69, 9.17) is 20.0 Å². The number of hydrogen-bond acceptors (Lipinski definition) is 9. The quantitative estimate of drug-likeness (QED) is 0.190. The average molecular weight is 320 g/mol. The first-order valence-electron chi connectivity index (χ1n) is 5.25. The summed E-state index contributed by atoms with van der Waals surface area (Å²) in [5.74, 6) is -1.37. The zero-order valence-corrected chi connectivity index (χ0v) is 10.9. The second-order valence-electron chi connectivity index (χ2n) is 3.90. The molecule has 0 rings (SSSR count). The van der Waals surface area contributed by atoms with Crippen LogP contribution in [0.25, 0.3) is 0 Å². The summed E-state index contributed by atoms with van der Waals surface area (Å²) < 4.78 is 14.1. The highest BCUT2D eigenvalue weighted by molar-refractivity contribution is 7.46. The largest absolute Gasteiger partial charge is 0.470 e. The summed E-state index contributed by atoms with van der Waals surface area (Å²) in [4.78, 5) is 27.9. The van der Waals surface area contributed by atoms with Gasteiger partial charge in [0.2, 0.25) is 0 Å². The van der Waals surface area contributed by atoms with Crippen LogP contribution in [0.2, 0.25) is 0 Å². The van der Waals surface area contributed by atoms with E-state index < -0.39 is 57.3 Å². The lowest BCUT2D eigenvalue weighted by atomic mass is 9.97. The van der Waals surface area contributed by atoms with E-state index >= 15 is 0 Å². The van der Waals surface area contributed by atoms with Crippen LogP contribution in [0.4, 0.5) is 0 Å². The zero-order valence-electron chi connectivity index (χ0n) is 10.1. The van der Waals surface area contributed by atoms with E-state index in [-0.39, 0.29) is 0 Å². The fraction of sp³-hybridized carbons (Fsp3) is 0.875. The van der Waals surface area contributed by atoms with E-state index in [1.165, 1.54) is 0 Å². The first kappa shape index (κ1) is 19.5. The molecule has 0 saturated carbocycles. The van der Waals surface area contributed by atoms with Gasteiger partial charge in [0.15, 0.2) is 5.78 Å². The van der Waals surface area contributed by atoms with Crippen molar-refractivity contribution in [3.8, 4) is 0 Å². The number of hydrogen-bond donors (Lipinski definition) is 8. The van der Waals surface area contributed by atoms with Crippen LogP contribution in [0, 0.1) is 0 Å². The number of Topliss-reactive ketones (excluding diaryl/α,β-unsaturated/α-hetero) is 1. The minimum atomic E-state index is -4.95. The van der Waals surface area contributed by atoms with Gasteiger partial charge < -0.3 is 40.4 Å². The lowest BCUT2D eigenvalue weighted by Crippen LogP contribution is -2.52. The molecule has 0 radical (unpaired) electrons. The Morgan fingerprint density at radius 2 is 1.50 bits per heavy atom. The van der Waals surface area contributed by atoms with Gasteiger partial charge in [-0.1, -0.05) is 0 Å². The van der Waals surface area contributed by atoms with Gasteiger partial charge in [-0.15, -0.1) is 0 Å². The highest BCUT2D eigenvalue weighted by Gasteiger charge is 2.37. The van der Waals surface area contributed by atoms with Crippen LogP contribution in [-0.4, -0.2) is 89.9 Å². The van der Waals surface area contributed by atoms with Crippen LogP contribution in [-0.2, 0) is 13.9 Å². The Balaban J connectivity index is 4.56. The van der Waals surface area contributed by atoms with Crippen molar-refractivity contribution in [3.63, 3.8) is 0 Å². The topological polar surface area (TPSA) is 205 Å². The van der Waals surface area contributed by atoms with E-state index in [0.717, 1.165) is 0 Å². The molecule has 0 aromatic carbocycles. The number of rotatable bonds is 9. The number of aliphatic hydroxyl groups is 6. The molecule has 0 aliphatic heterocycles. The minimum Gasteiger partial charge on any atom is -0.394 e. The summed E-state index contributed by atoms with van der Waals surface area (Å²) in [5.41, 5.74) is 0. The summed E-state index contributed by atoms with van der Waals surface area (Å²) >= 11 is 0.